The summed E-state index contributed by atoms with van der Waals surface area (Å²) in [5, 5.41) is 9.76. The number of carbonyl (C=O) groups is 1. The highest BCUT2D eigenvalue weighted by molar-refractivity contribution is 5.95. The fourth-order valence-electron chi connectivity index (χ4n) is 2.60. The van der Waals surface area contributed by atoms with Gasteiger partial charge < -0.3 is 15.4 Å². The summed E-state index contributed by atoms with van der Waals surface area (Å²) in [6.45, 7) is 2.91. The van der Waals surface area contributed by atoms with Crippen molar-refractivity contribution in [2.45, 2.75) is 25.2 Å². The molecule has 2 atom stereocenters. The Labute approximate surface area is 154 Å². The molecule has 1 fully saturated rings. The second kappa shape index (κ2) is 8.07. The average molecular weight is 391 g/mol. The Bertz CT molecular complexity index is 766. The topological polar surface area (TPSA) is 68.2 Å². The Balaban J connectivity index is 0.00000243. The molecule has 6 nitrogen and oxygen atoms in total. The predicted molar refractivity (Wildman–Crippen MR) is 91.6 cm³/mol. The van der Waals surface area contributed by atoms with Crippen molar-refractivity contribution in [1.29, 1.82) is 0 Å². The van der Waals surface area contributed by atoms with Crippen LogP contribution in [0.5, 0.6) is 0 Å². The van der Waals surface area contributed by atoms with E-state index in [-0.39, 0.29) is 30.1 Å². The Kier molecular flexibility index (Phi) is 6.27. The van der Waals surface area contributed by atoms with E-state index in [1.54, 1.807) is 6.92 Å². The Morgan fingerprint density at radius 2 is 2.19 bits per heavy atom. The Morgan fingerprint density at radius 1 is 1.42 bits per heavy atom. The minimum Gasteiger partial charge on any atom is -0.375 e. The van der Waals surface area contributed by atoms with E-state index in [1.165, 1.54) is 29.2 Å². The fraction of sp³-hybridized carbons (Fsp3) is 0.375. The predicted octanol–water partition coefficient (Wildman–Crippen LogP) is 2.63. The number of morpholine rings is 1. The second-order valence-corrected chi connectivity index (χ2v) is 5.72. The molecule has 2 heterocycles. The Hall–Kier alpha value is -2.10. The van der Waals surface area contributed by atoms with Crippen LogP contribution in [0, 0.1) is 0 Å². The molecule has 0 aliphatic carbocycles. The number of hydrogen-bond donors (Lipinski definition) is 2. The molecule has 2 N–H and O–H groups in total. The number of halogens is 4. The van der Waals surface area contributed by atoms with Crippen LogP contribution in [0.1, 0.15) is 12.5 Å². The first-order chi connectivity index (χ1) is 11.8. The van der Waals surface area contributed by atoms with E-state index in [0.29, 0.717) is 18.8 Å². The van der Waals surface area contributed by atoms with Crippen LogP contribution in [0.2, 0.25) is 0 Å². The van der Waals surface area contributed by atoms with Gasteiger partial charge in [-0.2, -0.15) is 18.3 Å². The summed E-state index contributed by atoms with van der Waals surface area (Å²) in [6.07, 6.45) is -1.86. The van der Waals surface area contributed by atoms with E-state index >= 15 is 0 Å². The molecule has 1 saturated heterocycles. The number of hydrogen-bond acceptors (Lipinski definition) is 4. The normalized spacial score (nSPS) is 20.3. The summed E-state index contributed by atoms with van der Waals surface area (Å²) in [5.41, 5.74) is -0.117. The monoisotopic (exact) mass is 390 g/mol. The largest absolute Gasteiger partial charge is 0.416 e. The zero-order valence-corrected chi connectivity index (χ0v) is 14.6. The van der Waals surface area contributed by atoms with Crippen molar-refractivity contribution in [3.05, 3.63) is 42.2 Å². The van der Waals surface area contributed by atoms with E-state index < -0.39 is 17.8 Å². The lowest BCUT2D eigenvalue weighted by Crippen LogP contribution is -2.53. The molecule has 2 aromatic rings. The molecule has 0 unspecified atom stereocenters. The van der Waals surface area contributed by atoms with Gasteiger partial charge in [0.2, 0.25) is 5.91 Å². The first kappa shape index (κ1) is 20.2. The third-order valence-electron chi connectivity index (χ3n) is 3.89. The molecule has 1 aromatic heterocycles. The minimum absolute atomic E-state index is 0. The van der Waals surface area contributed by atoms with Gasteiger partial charge in [-0.3, -0.25) is 4.79 Å². The number of ether oxygens (including phenoxy) is 1. The number of carbonyl (C=O) groups excluding carboxylic acids is 1. The standard InChI is InChI=1S/C16H17F3N4O2.ClH/c1-10-14(20-5-6-25-10)15(24)22-12-8-21-23(9-12)13-4-2-3-11(7-13)16(17,18)19;/h2-4,7-10,14,20H,5-6H2,1H3,(H,22,24);1H/t10-,14+;/m1./s1. The molecule has 0 radical (unpaired) electrons. The molecule has 0 saturated carbocycles. The minimum atomic E-state index is -4.43. The highest BCUT2D eigenvalue weighted by Crippen LogP contribution is 2.30. The van der Waals surface area contributed by atoms with Crippen LogP contribution in [0.25, 0.3) is 5.69 Å². The quantitative estimate of drug-likeness (QED) is 0.845. The van der Waals surface area contributed by atoms with Gasteiger partial charge in [-0.15, -0.1) is 12.4 Å². The third-order valence-corrected chi connectivity index (χ3v) is 3.89. The maximum atomic E-state index is 12.8. The van der Waals surface area contributed by atoms with Gasteiger partial charge in [0.15, 0.2) is 0 Å². The zero-order valence-electron chi connectivity index (χ0n) is 13.8. The number of nitrogens with one attached hydrogen (secondary N) is 2. The lowest BCUT2D eigenvalue weighted by molar-refractivity contribution is -0.137. The van der Waals surface area contributed by atoms with Crippen molar-refractivity contribution in [3.8, 4) is 5.69 Å². The van der Waals surface area contributed by atoms with E-state index in [9.17, 15) is 18.0 Å². The molecule has 3 rings (SSSR count). The van der Waals surface area contributed by atoms with Crippen LogP contribution in [0.4, 0.5) is 18.9 Å². The van der Waals surface area contributed by atoms with Gasteiger partial charge in [-0.05, 0) is 25.1 Å². The van der Waals surface area contributed by atoms with Crippen LogP contribution in [0.3, 0.4) is 0 Å². The van der Waals surface area contributed by atoms with Gasteiger partial charge in [0.05, 0.1) is 42.0 Å². The van der Waals surface area contributed by atoms with Crippen LogP contribution in [-0.4, -0.2) is 41.0 Å². The first-order valence-corrected chi connectivity index (χ1v) is 7.73. The van der Waals surface area contributed by atoms with E-state index in [4.69, 9.17) is 4.74 Å². The summed E-state index contributed by atoms with van der Waals surface area (Å²) in [5.74, 6) is -0.282. The maximum Gasteiger partial charge on any atom is 0.416 e. The maximum absolute atomic E-state index is 12.8. The van der Waals surface area contributed by atoms with Gasteiger partial charge in [-0.1, -0.05) is 6.07 Å². The molecule has 1 aromatic carbocycles. The van der Waals surface area contributed by atoms with Gasteiger partial charge in [-0.25, -0.2) is 4.68 Å². The van der Waals surface area contributed by atoms with Gasteiger partial charge >= 0.3 is 6.18 Å². The molecule has 0 bridgehead atoms. The number of aromatic nitrogens is 2. The molecule has 1 aliphatic rings. The van der Waals surface area contributed by atoms with Crippen molar-refractivity contribution >= 4 is 24.0 Å². The van der Waals surface area contributed by atoms with Crippen molar-refractivity contribution in [3.63, 3.8) is 0 Å². The second-order valence-electron chi connectivity index (χ2n) is 5.72. The van der Waals surface area contributed by atoms with Crippen LogP contribution < -0.4 is 10.6 Å². The number of rotatable bonds is 3. The third kappa shape index (κ3) is 4.54. The molecule has 0 spiro atoms. The van der Waals surface area contributed by atoms with Gasteiger partial charge in [0, 0.05) is 6.54 Å². The highest BCUT2D eigenvalue weighted by atomic mass is 35.5. The lowest BCUT2D eigenvalue weighted by Gasteiger charge is -2.29. The van der Waals surface area contributed by atoms with Crippen molar-refractivity contribution in [2.75, 3.05) is 18.5 Å². The summed E-state index contributed by atoms with van der Waals surface area (Å²) in [4.78, 5) is 12.3. The number of amides is 1. The molecule has 142 valence electrons. The summed E-state index contributed by atoms with van der Waals surface area (Å²) in [6, 6.07) is 4.31. The SMILES string of the molecule is C[C@H]1OCCN[C@@H]1C(=O)Nc1cnn(-c2cccc(C(F)(F)F)c2)c1.Cl. The summed E-state index contributed by atoms with van der Waals surface area (Å²) in [7, 11) is 0. The molecular formula is C16H18ClF3N4O2. The lowest BCUT2D eigenvalue weighted by atomic mass is 10.1. The average Bonchev–Trinajstić information content (AvgIpc) is 3.03. The zero-order chi connectivity index (χ0) is 18.0. The van der Waals surface area contributed by atoms with Gasteiger partial charge in [0.25, 0.3) is 0 Å². The molecule has 26 heavy (non-hydrogen) atoms. The highest BCUT2D eigenvalue weighted by Gasteiger charge is 2.31. The molecule has 1 amide bonds. The van der Waals surface area contributed by atoms with Crippen LogP contribution in [0.15, 0.2) is 36.7 Å². The Morgan fingerprint density at radius 3 is 2.88 bits per heavy atom. The van der Waals surface area contributed by atoms with Crippen LogP contribution in [-0.2, 0) is 15.7 Å². The number of alkyl halides is 3. The number of nitrogens with zero attached hydrogens (tertiary/aromatic N) is 2. The van der Waals surface area contributed by atoms with Crippen molar-refractivity contribution < 1.29 is 22.7 Å². The van der Waals surface area contributed by atoms with Crippen molar-refractivity contribution in [1.82, 2.24) is 15.1 Å². The van der Waals surface area contributed by atoms with E-state index in [0.717, 1.165) is 12.1 Å². The molecule has 10 heteroatoms. The molecule has 1 aliphatic heterocycles. The van der Waals surface area contributed by atoms with Crippen molar-refractivity contribution in [2.24, 2.45) is 0 Å². The van der Waals surface area contributed by atoms with E-state index in [1.807, 2.05) is 0 Å². The fourth-order valence-corrected chi connectivity index (χ4v) is 2.60. The molecular weight excluding hydrogens is 373 g/mol. The van der Waals surface area contributed by atoms with Crippen LogP contribution >= 0.6 is 12.4 Å². The van der Waals surface area contributed by atoms with Gasteiger partial charge in [0.1, 0.15) is 6.04 Å². The summed E-state index contributed by atoms with van der Waals surface area (Å²) < 4.78 is 45.1. The first-order valence-electron chi connectivity index (χ1n) is 7.73. The summed E-state index contributed by atoms with van der Waals surface area (Å²) >= 11 is 0. The number of anilines is 1. The number of benzene rings is 1. The van der Waals surface area contributed by atoms with E-state index in [2.05, 4.69) is 15.7 Å². The smallest absolute Gasteiger partial charge is 0.375 e.